The lowest BCUT2D eigenvalue weighted by molar-refractivity contribution is -0.137. The number of amides is 1. The number of carboxylic acid groups (broad SMARTS) is 1. The van der Waals surface area contributed by atoms with E-state index in [2.05, 4.69) is 30.0 Å². The molecule has 3 atom stereocenters. The molecule has 138 valence electrons. The van der Waals surface area contributed by atoms with Gasteiger partial charge >= 0.3 is 5.97 Å². The van der Waals surface area contributed by atoms with Crippen LogP contribution in [0.5, 0.6) is 0 Å². The zero-order valence-corrected chi connectivity index (χ0v) is 15.0. The van der Waals surface area contributed by atoms with Gasteiger partial charge in [0.05, 0.1) is 12.5 Å². The van der Waals surface area contributed by atoms with E-state index in [0.717, 1.165) is 16.3 Å². The fourth-order valence-electron chi connectivity index (χ4n) is 3.43. The van der Waals surface area contributed by atoms with Gasteiger partial charge in [-0.15, -0.1) is 0 Å². The van der Waals surface area contributed by atoms with Gasteiger partial charge in [-0.05, 0) is 28.7 Å². The quantitative estimate of drug-likeness (QED) is 0.639. The van der Waals surface area contributed by atoms with Gasteiger partial charge in [-0.25, -0.2) is 5.43 Å². The number of aliphatic carboxylic acids is 1. The van der Waals surface area contributed by atoms with E-state index in [-0.39, 0.29) is 24.4 Å². The highest BCUT2D eigenvalue weighted by Crippen LogP contribution is 2.27. The van der Waals surface area contributed by atoms with E-state index in [1.165, 1.54) is 0 Å². The molecule has 2 unspecified atom stereocenters. The molecule has 4 N–H and O–H groups in total. The fraction of sp³-hybridized carbons (Fsp3) is 0.400. The number of hydrogen-bond donors (Lipinski definition) is 4. The summed E-state index contributed by atoms with van der Waals surface area (Å²) in [6.45, 7) is 4.20. The third-order valence-electron chi connectivity index (χ3n) is 4.95. The molecule has 1 fully saturated rings. The van der Waals surface area contributed by atoms with Crippen molar-refractivity contribution in [3.63, 3.8) is 0 Å². The summed E-state index contributed by atoms with van der Waals surface area (Å²) < 4.78 is 0. The van der Waals surface area contributed by atoms with E-state index in [0.29, 0.717) is 12.3 Å². The molecule has 1 heterocycles. The van der Waals surface area contributed by atoms with Crippen LogP contribution in [-0.2, 0) is 9.59 Å². The van der Waals surface area contributed by atoms with Crippen molar-refractivity contribution in [2.24, 2.45) is 5.92 Å². The molecule has 0 radical (unpaired) electrons. The maximum absolute atomic E-state index is 12.7. The highest BCUT2D eigenvalue weighted by Gasteiger charge is 2.32. The summed E-state index contributed by atoms with van der Waals surface area (Å²) in [5, 5.41) is 14.2. The van der Waals surface area contributed by atoms with E-state index >= 15 is 0 Å². The van der Waals surface area contributed by atoms with Gasteiger partial charge < -0.3 is 10.4 Å². The Morgan fingerprint density at radius 2 is 1.88 bits per heavy atom. The Balaban J connectivity index is 1.82. The smallest absolute Gasteiger partial charge is 0.305 e. The van der Waals surface area contributed by atoms with Crippen LogP contribution in [0.15, 0.2) is 42.5 Å². The molecule has 0 aliphatic carbocycles. The number of carboxylic acids is 1. The van der Waals surface area contributed by atoms with Gasteiger partial charge in [0.2, 0.25) is 5.91 Å². The second-order valence-electron chi connectivity index (χ2n) is 7.15. The zero-order chi connectivity index (χ0) is 18.7. The third-order valence-corrected chi connectivity index (χ3v) is 4.95. The minimum atomic E-state index is -0.944. The topological polar surface area (TPSA) is 90.5 Å². The summed E-state index contributed by atoms with van der Waals surface area (Å²) in [4.78, 5) is 24.1. The first-order chi connectivity index (χ1) is 12.5. The predicted octanol–water partition coefficient (Wildman–Crippen LogP) is 2.36. The maximum Gasteiger partial charge on any atom is 0.305 e. The molecule has 1 saturated heterocycles. The second-order valence-corrected chi connectivity index (χ2v) is 7.15. The number of carbonyl (C=O) groups excluding carboxylic acids is 1. The van der Waals surface area contributed by atoms with E-state index in [1.54, 1.807) is 0 Å². The lowest BCUT2D eigenvalue weighted by Crippen LogP contribution is -2.45. The molecule has 2 aromatic carbocycles. The summed E-state index contributed by atoms with van der Waals surface area (Å²) in [7, 11) is 0. The highest BCUT2D eigenvalue weighted by atomic mass is 16.4. The summed E-state index contributed by atoms with van der Waals surface area (Å²) in [5.41, 5.74) is 6.99. The largest absolute Gasteiger partial charge is 0.481 e. The van der Waals surface area contributed by atoms with Crippen LogP contribution in [0.3, 0.4) is 0 Å². The van der Waals surface area contributed by atoms with Crippen molar-refractivity contribution in [1.29, 1.82) is 0 Å². The number of fused-ring (bicyclic) bond motifs is 1. The van der Waals surface area contributed by atoms with Crippen LogP contribution in [0.1, 0.15) is 38.3 Å². The van der Waals surface area contributed by atoms with E-state index in [1.807, 2.05) is 42.5 Å². The van der Waals surface area contributed by atoms with Gasteiger partial charge in [-0.2, -0.15) is 0 Å². The molecule has 3 rings (SSSR count). The van der Waals surface area contributed by atoms with E-state index in [9.17, 15) is 14.7 Å². The lowest BCUT2D eigenvalue weighted by Gasteiger charge is -2.21. The normalized spacial score (nSPS) is 21.0. The van der Waals surface area contributed by atoms with Gasteiger partial charge in [-0.1, -0.05) is 56.3 Å². The minimum absolute atomic E-state index is 0.159. The van der Waals surface area contributed by atoms with Crippen LogP contribution in [0.4, 0.5) is 0 Å². The SMILES string of the molecule is CC(C)C1CC(C(=O)N[C@H](CC(=O)O)c2cccc3ccccc23)NN1. The molecular formula is C20H25N3O3. The van der Waals surface area contributed by atoms with Crippen molar-refractivity contribution in [1.82, 2.24) is 16.2 Å². The Kier molecular flexibility index (Phi) is 5.54. The Bertz CT molecular complexity index is 800. The fourth-order valence-corrected chi connectivity index (χ4v) is 3.43. The molecule has 0 bridgehead atoms. The third kappa shape index (κ3) is 4.03. The Morgan fingerprint density at radius 1 is 1.15 bits per heavy atom. The number of nitrogens with one attached hydrogen (secondary N) is 3. The Labute approximate surface area is 152 Å². The monoisotopic (exact) mass is 355 g/mol. The lowest BCUT2D eigenvalue weighted by atomic mass is 9.95. The summed E-state index contributed by atoms with van der Waals surface area (Å²) >= 11 is 0. The molecule has 1 amide bonds. The van der Waals surface area contributed by atoms with Crippen LogP contribution in [-0.4, -0.2) is 29.1 Å². The molecule has 6 nitrogen and oxygen atoms in total. The molecule has 1 aliphatic rings. The summed E-state index contributed by atoms with van der Waals surface area (Å²) in [6, 6.07) is 12.8. The Hall–Kier alpha value is -2.44. The van der Waals surface area contributed by atoms with Crippen molar-refractivity contribution >= 4 is 22.6 Å². The molecule has 2 aromatic rings. The molecular weight excluding hydrogens is 330 g/mol. The number of carbonyl (C=O) groups is 2. The van der Waals surface area contributed by atoms with Crippen LogP contribution >= 0.6 is 0 Å². The molecule has 1 aliphatic heterocycles. The number of benzene rings is 2. The molecule has 0 aromatic heterocycles. The first kappa shape index (κ1) is 18.4. The van der Waals surface area contributed by atoms with Gasteiger partial charge in [0.1, 0.15) is 6.04 Å². The maximum atomic E-state index is 12.7. The van der Waals surface area contributed by atoms with Crippen LogP contribution < -0.4 is 16.2 Å². The van der Waals surface area contributed by atoms with Crippen LogP contribution in [0.25, 0.3) is 10.8 Å². The van der Waals surface area contributed by atoms with E-state index in [4.69, 9.17) is 0 Å². The number of hydrazine groups is 1. The Morgan fingerprint density at radius 3 is 2.58 bits per heavy atom. The molecule has 0 saturated carbocycles. The van der Waals surface area contributed by atoms with Gasteiger partial charge in [0.15, 0.2) is 0 Å². The minimum Gasteiger partial charge on any atom is -0.481 e. The first-order valence-electron chi connectivity index (χ1n) is 8.96. The van der Waals surface area contributed by atoms with Gasteiger partial charge in [0.25, 0.3) is 0 Å². The number of rotatable bonds is 6. The average molecular weight is 355 g/mol. The highest BCUT2D eigenvalue weighted by molar-refractivity contribution is 5.88. The van der Waals surface area contributed by atoms with Crippen molar-refractivity contribution in [2.45, 2.75) is 44.8 Å². The van der Waals surface area contributed by atoms with Crippen molar-refractivity contribution in [3.8, 4) is 0 Å². The van der Waals surface area contributed by atoms with Crippen molar-refractivity contribution in [3.05, 3.63) is 48.0 Å². The average Bonchev–Trinajstić information content (AvgIpc) is 3.11. The van der Waals surface area contributed by atoms with Crippen molar-refractivity contribution in [2.75, 3.05) is 0 Å². The first-order valence-corrected chi connectivity index (χ1v) is 8.96. The van der Waals surface area contributed by atoms with Crippen LogP contribution in [0.2, 0.25) is 0 Å². The van der Waals surface area contributed by atoms with Crippen LogP contribution in [0, 0.1) is 5.92 Å². The predicted molar refractivity (Wildman–Crippen MR) is 100 cm³/mol. The summed E-state index contributed by atoms with van der Waals surface area (Å²) in [5.74, 6) is -0.714. The number of hydrogen-bond acceptors (Lipinski definition) is 4. The van der Waals surface area contributed by atoms with E-state index < -0.39 is 12.0 Å². The zero-order valence-electron chi connectivity index (χ0n) is 15.0. The van der Waals surface area contributed by atoms with Gasteiger partial charge in [0, 0.05) is 6.04 Å². The second kappa shape index (κ2) is 7.85. The standard InChI is InChI=1S/C20H25N3O3/c1-12(2)16-10-18(23-22-16)20(26)21-17(11-19(24)25)15-9-5-7-13-6-3-4-8-14(13)15/h3-9,12,16-18,22-23H,10-11H2,1-2H3,(H,21,26)(H,24,25)/t16?,17-,18?/m1/s1. The summed E-state index contributed by atoms with van der Waals surface area (Å²) in [6.07, 6.45) is 0.520. The van der Waals surface area contributed by atoms with Crippen molar-refractivity contribution < 1.29 is 14.7 Å². The molecule has 6 heteroatoms. The van der Waals surface area contributed by atoms with Gasteiger partial charge in [-0.3, -0.25) is 15.0 Å². The molecule has 0 spiro atoms. The molecule has 26 heavy (non-hydrogen) atoms.